The first-order valence-corrected chi connectivity index (χ1v) is 5.89. The van der Waals surface area contributed by atoms with Gasteiger partial charge in [0.05, 0.1) is 6.54 Å². The van der Waals surface area contributed by atoms with Crippen LogP contribution in [0.15, 0.2) is 24.3 Å². The number of hydrogen-bond acceptors (Lipinski definition) is 1. The van der Waals surface area contributed by atoms with Crippen molar-refractivity contribution in [3.63, 3.8) is 0 Å². The number of rotatable bonds is 5. The minimum Gasteiger partial charge on any atom is -0.300 e. The number of hydrogen-bond donors (Lipinski definition) is 1. The van der Waals surface area contributed by atoms with E-state index < -0.39 is 0 Å². The van der Waals surface area contributed by atoms with Crippen LogP contribution in [0.2, 0.25) is 0 Å². The summed E-state index contributed by atoms with van der Waals surface area (Å²) in [5.41, 5.74) is 2.70. The zero-order valence-electron chi connectivity index (χ0n) is 10.5. The van der Waals surface area contributed by atoms with Gasteiger partial charge in [-0.25, -0.2) is 0 Å². The molecule has 0 radical (unpaired) electrons. The lowest BCUT2D eigenvalue weighted by Crippen LogP contribution is -2.18. The standard InChI is InChI=1S/C15H21N/c1-5-10-16-13(4)15-8-6-14(7-9-15)11-12(2)3/h1,6-9,12-13,16H,10-11H2,2-4H3. The predicted molar refractivity (Wildman–Crippen MR) is 70.2 cm³/mol. The van der Waals surface area contributed by atoms with E-state index in [1.165, 1.54) is 11.1 Å². The van der Waals surface area contributed by atoms with Gasteiger partial charge in [0.25, 0.3) is 0 Å². The van der Waals surface area contributed by atoms with Crippen LogP contribution < -0.4 is 5.32 Å². The van der Waals surface area contributed by atoms with Crippen LogP contribution in [0.25, 0.3) is 0 Å². The topological polar surface area (TPSA) is 12.0 Å². The van der Waals surface area contributed by atoms with Crippen molar-refractivity contribution in [2.24, 2.45) is 5.92 Å². The van der Waals surface area contributed by atoms with Crippen molar-refractivity contribution in [2.45, 2.75) is 33.2 Å². The zero-order chi connectivity index (χ0) is 12.0. The summed E-state index contributed by atoms with van der Waals surface area (Å²) in [4.78, 5) is 0. The summed E-state index contributed by atoms with van der Waals surface area (Å²) in [6.07, 6.45) is 6.37. The van der Waals surface area contributed by atoms with E-state index in [4.69, 9.17) is 6.42 Å². The second-order valence-electron chi connectivity index (χ2n) is 4.65. The SMILES string of the molecule is C#CCNC(C)c1ccc(CC(C)C)cc1. The molecule has 0 aliphatic rings. The molecule has 0 amide bonds. The highest BCUT2D eigenvalue weighted by molar-refractivity contribution is 5.25. The van der Waals surface area contributed by atoms with E-state index in [0.29, 0.717) is 18.5 Å². The van der Waals surface area contributed by atoms with E-state index in [-0.39, 0.29) is 0 Å². The summed E-state index contributed by atoms with van der Waals surface area (Å²) >= 11 is 0. The molecule has 1 atom stereocenters. The monoisotopic (exact) mass is 215 g/mol. The van der Waals surface area contributed by atoms with Gasteiger partial charge in [-0.15, -0.1) is 6.42 Å². The van der Waals surface area contributed by atoms with E-state index >= 15 is 0 Å². The smallest absolute Gasteiger partial charge is 0.0578 e. The normalized spacial score (nSPS) is 12.4. The van der Waals surface area contributed by atoms with Crippen LogP contribution in [-0.2, 0) is 6.42 Å². The molecule has 16 heavy (non-hydrogen) atoms. The van der Waals surface area contributed by atoms with E-state index in [0.717, 1.165) is 6.42 Å². The minimum absolute atomic E-state index is 0.323. The van der Waals surface area contributed by atoms with Gasteiger partial charge in [0.1, 0.15) is 0 Å². The van der Waals surface area contributed by atoms with Gasteiger partial charge in [0.2, 0.25) is 0 Å². The maximum Gasteiger partial charge on any atom is 0.0578 e. The number of benzene rings is 1. The Morgan fingerprint density at radius 3 is 2.31 bits per heavy atom. The van der Waals surface area contributed by atoms with Gasteiger partial charge in [-0.1, -0.05) is 44.0 Å². The molecule has 1 unspecified atom stereocenters. The fourth-order valence-corrected chi connectivity index (χ4v) is 1.74. The summed E-state index contributed by atoms with van der Waals surface area (Å²) in [7, 11) is 0. The largest absolute Gasteiger partial charge is 0.300 e. The van der Waals surface area contributed by atoms with Crippen molar-refractivity contribution in [3.8, 4) is 12.3 Å². The molecule has 0 saturated heterocycles. The van der Waals surface area contributed by atoms with Gasteiger partial charge in [0.15, 0.2) is 0 Å². The summed E-state index contributed by atoms with van der Waals surface area (Å²) in [5, 5.41) is 3.27. The molecule has 1 aromatic carbocycles. The Balaban J connectivity index is 2.60. The third-order valence-corrected chi connectivity index (χ3v) is 2.63. The molecule has 1 heteroatoms. The molecule has 0 aliphatic heterocycles. The fraction of sp³-hybridized carbons (Fsp3) is 0.467. The molecular formula is C15H21N. The molecule has 1 nitrogen and oxygen atoms in total. The first-order valence-electron chi connectivity index (χ1n) is 5.89. The van der Waals surface area contributed by atoms with Crippen LogP contribution in [0.3, 0.4) is 0 Å². The molecule has 0 aromatic heterocycles. The summed E-state index contributed by atoms with van der Waals surface area (Å²) < 4.78 is 0. The highest BCUT2D eigenvalue weighted by Crippen LogP contribution is 2.15. The summed E-state index contributed by atoms with van der Waals surface area (Å²) in [6.45, 7) is 7.24. The van der Waals surface area contributed by atoms with Crippen molar-refractivity contribution in [1.82, 2.24) is 5.32 Å². The molecule has 0 heterocycles. The van der Waals surface area contributed by atoms with Gasteiger partial charge < -0.3 is 0 Å². The van der Waals surface area contributed by atoms with Gasteiger partial charge in [-0.2, -0.15) is 0 Å². The molecule has 0 aliphatic carbocycles. The van der Waals surface area contributed by atoms with Crippen molar-refractivity contribution < 1.29 is 0 Å². The van der Waals surface area contributed by atoms with E-state index in [9.17, 15) is 0 Å². The minimum atomic E-state index is 0.323. The van der Waals surface area contributed by atoms with Crippen LogP contribution in [0.4, 0.5) is 0 Å². The molecule has 1 aromatic rings. The average Bonchev–Trinajstić information content (AvgIpc) is 2.26. The second kappa shape index (κ2) is 6.35. The Labute approximate surface area is 99.3 Å². The van der Waals surface area contributed by atoms with Crippen LogP contribution in [0, 0.1) is 18.3 Å². The fourth-order valence-electron chi connectivity index (χ4n) is 1.74. The second-order valence-corrected chi connectivity index (χ2v) is 4.65. The molecule has 86 valence electrons. The van der Waals surface area contributed by atoms with Crippen LogP contribution in [0.1, 0.15) is 37.9 Å². The van der Waals surface area contributed by atoms with Crippen molar-refractivity contribution in [1.29, 1.82) is 0 Å². The lowest BCUT2D eigenvalue weighted by molar-refractivity contribution is 0.621. The van der Waals surface area contributed by atoms with Crippen LogP contribution >= 0.6 is 0 Å². The third kappa shape index (κ3) is 4.08. The number of terminal acetylenes is 1. The molecule has 0 saturated carbocycles. The van der Waals surface area contributed by atoms with Crippen LogP contribution in [0.5, 0.6) is 0 Å². The summed E-state index contributed by atoms with van der Waals surface area (Å²) in [5.74, 6) is 3.31. The van der Waals surface area contributed by atoms with Gasteiger partial charge in [0, 0.05) is 6.04 Å². The molecule has 1 N–H and O–H groups in total. The quantitative estimate of drug-likeness (QED) is 0.744. The zero-order valence-corrected chi connectivity index (χ0v) is 10.5. The first kappa shape index (κ1) is 12.8. The Bertz CT molecular complexity index is 343. The average molecular weight is 215 g/mol. The van der Waals surface area contributed by atoms with Crippen LogP contribution in [-0.4, -0.2) is 6.54 Å². The lowest BCUT2D eigenvalue weighted by Gasteiger charge is -2.13. The molecule has 0 bridgehead atoms. The maximum absolute atomic E-state index is 5.22. The maximum atomic E-state index is 5.22. The Morgan fingerprint density at radius 2 is 1.81 bits per heavy atom. The van der Waals surface area contributed by atoms with Crippen molar-refractivity contribution >= 4 is 0 Å². The van der Waals surface area contributed by atoms with E-state index in [2.05, 4.69) is 56.3 Å². The Hall–Kier alpha value is -1.26. The van der Waals surface area contributed by atoms with Gasteiger partial charge in [-0.3, -0.25) is 5.32 Å². The molecular weight excluding hydrogens is 194 g/mol. The van der Waals surface area contributed by atoms with Gasteiger partial charge >= 0.3 is 0 Å². The lowest BCUT2D eigenvalue weighted by atomic mass is 10.00. The molecule has 0 fully saturated rings. The molecule has 1 rings (SSSR count). The summed E-state index contributed by atoms with van der Waals surface area (Å²) in [6, 6.07) is 9.12. The Morgan fingerprint density at radius 1 is 1.19 bits per heavy atom. The van der Waals surface area contributed by atoms with Gasteiger partial charge in [-0.05, 0) is 30.4 Å². The highest BCUT2D eigenvalue weighted by atomic mass is 14.9. The predicted octanol–water partition coefficient (Wildman–Crippen LogP) is 3.17. The van der Waals surface area contributed by atoms with E-state index in [1.807, 2.05) is 0 Å². The van der Waals surface area contributed by atoms with E-state index in [1.54, 1.807) is 0 Å². The highest BCUT2D eigenvalue weighted by Gasteiger charge is 2.04. The third-order valence-electron chi connectivity index (χ3n) is 2.63. The first-order chi connectivity index (χ1) is 7.63. The molecule has 0 spiro atoms. The van der Waals surface area contributed by atoms with Crippen molar-refractivity contribution in [2.75, 3.05) is 6.54 Å². The van der Waals surface area contributed by atoms with Crippen molar-refractivity contribution in [3.05, 3.63) is 35.4 Å². The Kier molecular flexibility index (Phi) is 5.08. The number of nitrogens with one attached hydrogen (secondary N) is 1.